The summed E-state index contributed by atoms with van der Waals surface area (Å²) in [6.45, 7) is 0.767. The molecule has 1 aromatic heterocycles. The minimum absolute atomic E-state index is 0.182. The van der Waals surface area contributed by atoms with Crippen LogP contribution in [-0.2, 0) is 11.2 Å². The normalized spacial score (nSPS) is 13.2. The highest BCUT2D eigenvalue weighted by molar-refractivity contribution is 7.15. The quantitative estimate of drug-likeness (QED) is 0.381. The molecule has 116 valence electrons. The van der Waals surface area contributed by atoms with E-state index in [2.05, 4.69) is 9.98 Å². The monoisotopic (exact) mass is 321 g/mol. The summed E-state index contributed by atoms with van der Waals surface area (Å²) in [4.78, 5) is 9.64. The fourth-order valence-electron chi connectivity index (χ4n) is 2.15. The summed E-state index contributed by atoms with van der Waals surface area (Å²) in [5.41, 5.74) is 3.59. The minimum Gasteiger partial charge on any atom is -0.493 e. The van der Waals surface area contributed by atoms with Crippen LogP contribution in [0.2, 0.25) is 0 Å². The number of nitrogens with zero attached hydrogens (tertiary/aromatic N) is 2. The largest absolute Gasteiger partial charge is 0.493 e. The number of benzene rings is 1. The summed E-state index contributed by atoms with van der Waals surface area (Å²) in [5.74, 6) is 1.46. The van der Waals surface area contributed by atoms with E-state index in [9.17, 15) is 0 Å². The molecule has 0 amide bonds. The van der Waals surface area contributed by atoms with Crippen molar-refractivity contribution in [2.75, 3.05) is 20.5 Å². The molecule has 8 heteroatoms. The van der Waals surface area contributed by atoms with Crippen molar-refractivity contribution < 1.29 is 19.4 Å². The van der Waals surface area contributed by atoms with Gasteiger partial charge in [0.05, 0.1) is 12.3 Å². The van der Waals surface area contributed by atoms with Crippen LogP contribution in [0.3, 0.4) is 0 Å². The van der Waals surface area contributed by atoms with Gasteiger partial charge in [-0.2, -0.15) is 0 Å². The van der Waals surface area contributed by atoms with Gasteiger partial charge in [-0.25, -0.2) is 9.98 Å². The average molecular weight is 321 g/mol. The van der Waals surface area contributed by atoms with Gasteiger partial charge in [-0.05, 0) is 18.2 Å². The summed E-state index contributed by atoms with van der Waals surface area (Å²) in [7, 11) is 1.57. The zero-order valence-corrected chi connectivity index (χ0v) is 12.7. The highest BCUT2D eigenvalue weighted by atomic mass is 32.1. The van der Waals surface area contributed by atoms with Crippen molar-refractivity contribution in [2.24, 2.45) is 4.99 Å². The third-order valence-corrected chi connectivity index (χ3v) is 4.08. The fraction of sp³-hybridized carbons (Fsp3) is 0.286. The second kappa shape index (κ2) is 6.73. The van der Waals surface area contributed by atoms with Crippen LogP contribution in [0.25, 0.3) is 11.3 Å². The van der Waals surface area contributed by atoms with Crippen LogP contribution in [0.5, 0.6) is 11.5 Å². The average Bonchev–Trinajstić information content (AvgIpc) is 2.87. The lowest BCUT2D eigenvalue weighted by atomic mass is 10.1. The summed E-state index contributed by atoms with van der Waals surface area (Å²) >= 11 is 1.47. The lowest BCUT2D eigenvalue weighted by Gasteiger charge is -2.10. The van der Waals surface area contributed by atoms with Crippen molar-refractivity contribution in [3.8, 4) is 22.8 Å². The third-order valence-electron chi connectivity index (χ3n) is 3.06. The maximum absolute atomic E-state index is 8.58. The lowest BCUT2D eigenvalue weighted by molar-refractivity contribution is 0.0511. The van der Waals surface area contributed by atoms with E-state index in [4.69, 9.17) is 19.4 Å². The standard InChI is InChI=1S/C14H15N3O4S/c1-19-8-21-9-2-3-11-10(6-9)13-12(4-5-20-11)22-14(17-13)15-7-16-18/h2-3,6-7,18H,4-5,8H2,1H3,(H,15,16,17). The van der Waals surface area contributed by atoms with Crippen molar-refractivity contribution in [3.05, 3.63) is 23.1 Å². The molecule has 0 saturated heterocycles. The molecular formula is C14H15N3O4S. The molecule has 2 N–H and O–H groups in total. The first-order chi connectivity index (χ1) is 10.8. The molecule has 2 aromatic rings. The maximum Gasteiger partial charge on any atom is 0.211 e. The van der Waals surface area contributed by atoms with Gasteiger partial charge in [0.1, 0.15) is 17.8 Å². The van der Waals surface area contributed by atoms with E-state index in [1.807, 2.05) is 23.7 Å². The number of hydrogen-bond acceptors (Lipinski definition) is 7. The van der Waals surface area contributed by atoms with Crippen LogP contribution in [0.4, 0.5) is 5.13 Å². The molecule has 0 spiro atoms. The Morgan fingerprint density at radius 3 is 3.27 bits per heavy atom. The summed E-state index contributed by atoms with van der Waals surface area (Å²) in [5, 5.41) is 9.15. The SMILES string of the molecule is COCOc1ccc2c(c1)-c1nc(/N=C/NO)sc1CCO2. The number of rotatable bonds is 5. The van der Waals surface area contributed by atoms with Crippen molar-refractivity contribution in [2.45, 2.75) is 6.42 Å². The Kier molecular flexibility index (Phi) is 4.52. The number of aromatic nitrogens is 1. The van der Waals surface area contributed by atoms with E-state index in [0.717, 1.165) is 28.3 Å². The number of fused-ring (bicyclic) bond motifs is 3. The number of methoxy groups -OCH3 is 1. The Morgan fingerprint density at radius 2 is 2.45 bits per heavy atom. The molecule has 0 fully saturated rings. The first-order valence-corrected chi connectivity index (χ1v) is 7.44. The second-order valence-electron chi connectivity index (χ2n) is 4.46. The van der Waals surface area contributed by atoms with Gasteiger partial charge in [0, 0.05) is 24.0 Å². The van der Waals surface area contributed by atoms with E-state index in [0.29, 0.717) is 17.5 Å². The zero-order chi connectivity index (χ0) is 15.4. The van der Waals surface area contributed by atoms with E-state index in [1.54, 1.807) is 7.11 Å². The Hall–Kier alpha value is -2.16. The Balaban J connectivity index is 2.00. The van der Waals surface area contributed by atoms with Crippen molar-refractivity contribution >= 4 is 22.8 Å². The number of hydroxylamine groups is 1. The lowest BCUT2D eigenvalue weighted by Crippen LogP contribution is -2.01. The molecule has 3 rings (SSSR count). The molecule has 2 heterocycles. The Labute approximate surface area is 131 Å². The van der Waals surface area contributed by atoms with Crippen LogP contribution in [0.15, 0.2) is 23.2 Å². The minimum atomic E-state index is 0.182. The van der Waals surface area contributed by atoms with Gasteiger partial charge in [0.15, 0.2) is 6.79 Å². The van der Waals surface area contributed by atoms with Gasteiger partial charge >= 0.3 is 0 Å². The molecule has 0 atom stereocenters. The summed E-state index contributed by atoms with van der Waals surface area (Å²) < 4.78 is 16.1. The molecule has 1 aliphatic heterocycles. The van der Waals surface area contributed by atoms with Crippen LogP contribution in [0, 0.1) is 0 Å². The van der Waals surface area contributed by atoms with Crippen LogP contribution in [0.1, 0.15) is 4.88 Å². The highest BCUT2D eigenvalue weighted by Gasteiger charge is 2.21. The molecule has 1 aliphatic rings. The van der Waals surface area contributed by atoms with Gasteiger partial charge < -0.3 is 14.2 Å². The number of ether oxygens (including phenoxy) is 3. The molecule has 0 aliphatic carbocycles. The van der Waals surface area contributed by atoms with E-state index in [-0.39, 0.29) is 6.79 Å². The molecule has 0 radical (unpaired) electrons. The zero-order valence-electron chi connectivity index (χ0n) is 11.9. The molecule has 7 nitrogen and oxygen atoms in total. The molecule has 0 unspecified atom stereocenters. The van der Waals surface area contributed by atoms with Gasteiger partial charge in [0.2, 0.25) is 5.13 Å². The fourth-order valence-corrected chi connectivity index (χ4v) is 3.05. The van der Waals surface area contributed by atoms with E-state index >= 15 is 0 Å². The highest BCUT2D eigenvalue weighted by Crippen LogP contribution is 2.41. The third kappa shape index (κ3) is 3.03. The maximum atomic E-state index is 8.58. The van der Waals surface area contributed by atoms with Crippen molar-refractivity contribution in [1.82, 2.24) is 10.5 Å². The predicted octanol–water partition coefficient (Wildman–Crippen LogP) is 2.37. The number of hydrogen-bond donors (Lipinski definition) is 2. The summed E-state index contributed by atoms with van der Waals surface area (Å²) in [6, 6.07) is 5.59. The Morgan fingerprint density at radius 1 is 1.55 bits per heavy atom. The predicted molar refractivity (Wildman–Crippen MR) is 82.3 cm³/mol. The van der Waals surface area contributed by atoms with Crippen LogP contribution < -0.4 is 15.0 Å². The first-order valence-electron chi connectivity index (χ1n) is 6.62. The van der Waals surface area contributed by atoms with Crippen molar-refractivity contribution in [3.63, 3.8) is 0 Å². The number of nitrogens with one attached hydrogen (secondary N) is 1. The number of aliphatic imine (C=N–C) groups is 1. The molecular weight excluding hydrogens is 306 g/mol. The van der Waals surface area contributed by atoms with Crippen LogP contribution >= 0.6 is 11.3 Å². The van der Waals surface area contributed by atoms with Gasteiger partial charge in [-0.3, -0.25) is 10.7 Å². The smallest absolute Gasteiger partial charge is 0.211 e. The van der Waals surface area contributed by atoms with Gasteiger partial charge in [0.25, 0.3) is 0 Å². The van der Waals surface area contributed by atoms with Crippen molar-refractivity contribution in [1.29, 1.82) is 0 Å². The second-order valence-corrected chi connectivity index (χ2v) is 5.52. The number of thiazole rings is 1. The molecule has 0 saturated carbocycles. The topological polar surface area (TPSA) is 85.2 Å². The molecule has 1 aromatic carbocycles. The Bertz CT molecular complexity index is 687. The summed E-state index contributed by atoms with van der Waals surface area (Å²) in [6.07, 6.45) is 1.95. The first kappa shape index (κ1) is 14.8. The van der Waals surface area contributed by atoms with Crippen LogP contribution in [-0.4, -0.2) is 37.0 Å². The molecule has 0 bridgehead atoms. The molecule has 22 heavy (non-hydrogen) atoms. The van der Waals surface area contributed by atoms with E-state index in [1.165, 1.54) is 17.7 Å². The van der Waals surface area contributed by atoms with Gasteiger partial charge in [-0.15, -0.1) is 0 Å². The van der Waals surface area contributed by atoms with Gasteiger partial charge in [-0.1, -0.05) is 11.3 Å². The van der Waals surface area contributed by atoms with E-state index < -0.39 is 0 Å².